The van der Waals surface area contributed by atoms with E-state index in [1.807, 2.05) is 13.0 Å². The molecular weight excluding hydrogens is 252 g/mol. The van der Waals surface area contributed by atoms with E-state index in [9.17, 15) is 0 Å². The summed E-state index contributed by atoms with van der Waals surface area (Å²) in [5, 5.41) is 3.41. The van der Waals surface area contributed by atoms with Crippen LogP contribution in [0.25, 0.3) is 0 Å². The third kappa shape index (κ3) is 6.35. The van der Waals surface area contributed by atoms with E-state index in [-0.39, 0.29) is 0 Å². The number of nitrogens with zero attached hydrogens (tertiary/aromatic N) is 1. The molecule has 1 aromatic heterocycles. The summed E-state index contributed by atoms with van der Waals surface area (Å²) in [6.07, 6.45) is 1.14. The van der Waals surface area contributed by atoms with Crippen LogP contribution in [0, 0.1) is 0 Å². The molecular formula is C16H28N2O2. The normalized spacial score (nSPS) is 11.1. The van der Waals surface area contributed by atoms with Crippen LogP contribution in [0.15, 0.2) is 12.1 Å². The monoisotopic (exact) mass is 280 g/mol. The molecule has 0 bridgehead atoms. The number of pyridine rings is 1. The van der Waals surface area contributed by atoms with Gasteiger partial charge in [-0.3, -0.25) is 0 Å². The highest BCUT2D eigenvalue weighted by Crippen LogP contribution is 2.19. The van der Waals surface area contributed by atoms with Crippen molar-refractivity contribution in [2.75, 3.05) is 26.4 Å². The Hall–Kier alpha value is -1.13. The molecule has 0 atom stereocenters. The zero-order valence-corrected chi connectivity index (χ0v) is 13.2. The van der Waals surface area contributed by atoms with E-state index in [0.29, 0.717) is 25.0 Å². The number of hydrogen-bond acceptors (Lipinski definition) is 4. The summed E-state index contributed by atoms with van der Waals surface area (Å²) in [6, 6.07) is 4.17. The summed E-state index contributed by atoms with van der Waals surface area (Å²) >= 11 is 0. The van der Waals surface area contributed by atoms with Gasteiger partial charge in [0.1, 0.15) is 6.61 Å². The zero-order valence-electron chi connectivity index (χ0n) is 13.2. The largest absolute Gasteiger partial charge is 0.475 e. The van der Waals surface area contributed by atoms with Crippen molar-refractivity contribution in [2.45, 2.75) is 46.6 Å². The summed E-state index contributed by atoms with van der Waals surface area (Å²) in [5.74, 6) is 1.10. The standard InChI is InChI=1S/C16H28N2O2/c1-5-7-17-12-14-10-15(13(3)4)18-16(11-14)20-9-8-19-6-2/h10-11,13,17H,5-9,12H2,1-4H3. The first kappa shape index (κ1) is 16.9. The molecule has 0 aliphatic heterocycles. The van der Waals surface area contributed by atoms with Crippen LogP contribution < -0.4 is 10.1 Å². The third-order valence-electron chi connectivity index (χ3n) is 2.91. The van der Waals surface area contributed by atoms with Crippen LogP contribution >= 0.6 is 0 Å². The second kappa shape index (κ2) is 9.72. The molecule has 0 aliphatic carbocycles. The van der Waals surface area contributed by atoms with Crippen LogP contribution in [-0.2, 0) is 11.3 Å². The molecule has 0 aromatic carbocycles. The van der Waals surface area contributed by atoms with Gasteiger partial charge >= 0.3 is 0 Å². The maximum Gasteiger partial charge on any atom is 0.213 e. The Morgan fingerprint density at radius 3 is 2.65 bits per heavy atom. The van der Waals surface area contributed by atoms with Crippen molar-refractivity contribution < 1.29 is 9.47 Å². The second-order valence-electron chi connectivity index (χ2n) is 5.12. The van der Waals surface area contributed by atoms with Gasteiger partial charge in [-0.1, -0.05) is 20.8 Å². The quantitative estimate of drug-likeness (QED) is 0.669. The van der Waals surface area contributed by atoms with Crippen LogP contribution in [0.4, 0.5) is 0 Å². The van der Waals surface area contributed by atoms with Gasteiger partial charge < -0.3 is 14.8 Å². The van der Waals surface area contributed by atoms with Gasteiger partial charge in [0.05, 0.1) is 6.61 Å². The topological polar surface area (TPSA) is 43.4 Å². The van der Waals surface area contributed by atoms with Gasteiger partial charge in [0.25, 0.3) is 0 Å². The Morgan fingerprint density at radius 1 is 1.20 bits per heavy atom. The lowest BCUT2D eigenvalue weighted by molar-refractivity contribution is 0.108. The van der Waals surface area contributed by atoms with Crippen LogP contribution in [-0.4, -0.2) is 31.3 Å². The molecule has 0 saturated carbocycles. The fraction of sp³-hybridized carbons (Fsp3) is 0.688. The smallest absolute Gasteiger partial charge is 0.213 e. The predicted octanol–water partition coefficient (Wildman–Crippen LogP) is 3.12. The second-order valence-corrected chi connectivity index (χ2v) is 5.12. The summed E-state index contributed by atoms with van der Waals surface area (Å²) in [4.78, 5) is 4.55. The first-order chi connectivity index (χ1) is 9.67. The van der Waals surface area contributed by atoms with E-state index in [1.54, 1.807) is 0 Å². The van der Waals surface area contributed by atoms with Crippen molar-refractivity contribution in [1.29, 1.82) is 0 Å². The van der Waals surface area contributed by atoms with Gasteiger partial charge in [-0.05, 0) is 37.4 Å². The average Bonchev–Trinajstić information content (AvgIpc) is 2.44. The van der Waals surface area contributed by atoms with Gasteiger partial charge in [0.2, 0.25) is 5.88 Å². The van der Waals surface area contributed by atoms with Gasteiger partial charge in [-0.2, -0.15) is 0 Å². The van der Waals surface area contributed by atoms with Crippen molar-refractivity contribution in [3.8, 4) is 5.88 Å². The molecule has 1 N–H and O–H groups in total. The molecule has 0 spiro atoms. The van der Waals surface area contributed by atoms with Crippen LogP contribution in [0.2, 0.25) is 0 Å². The van der Waals surface area contributed by atoms with Crippen molar-refractivity contribution in [3.63, 3.8) is 0 Å². The van der Waals surface area contributed by atoms with Crippen molar-refractivity contribution in [3.05, 3.63) is 23.4 Å². The molecule has 4 heteroatoms. The molecule has 1 aromatic rings. The number of nitrogens with one attached hydrogen (secondary N) is 1. The summed E-state index contributed by atoms with van der Waals surface area (Å²) in [5.41, 5.74) is 2.30. The predicted molar refractivity (Wildman–Crippen MR) is 82.3 cm³/mol. The van der Waals surface area contributed by atoms with E-state index in [1.165, 1.54) is 5.56 Å². The molecule has 1 heterocycles. The Balaban J connectivity index is 2.66. The van der Waals surface area contributed by atoms with Crippen LogP contribution in [0.5, 0.6) is 5.88 Å². The van der Waals surface area contributed by atoms with E-state index in [4.69, 9.17) is 9.47 Å². The third-order valence-corrected chi connectivity index (χ3v) is 2.91. The lowest BCUT2D eigenvalue weighted by atomic mass is 10.1. The highest BCUT2D eigenvalue weighted by Gasteiger charge is 2.07. The minimum absolute atomic E-state index is 0.398. The molecule has 0 saturated heterocycles. The molecule has 20 heavy (non-hydrogen) atoms. The van der Waals surface area contributed by atoms with E-state index < -0.39 is 0 Å². The minimum Gasteiger partial charge on any atom is -0.475 e. The van der Waals surface area contributed by atoms with E-state index in [0.717, 1.165) is 31.8 Å². The molecule has 0 fully saturated rings. The summed E-state index contributed by atoms with van der Waals surface area (Å²) < 4.78 is 11.0. The molecule has 1 rings (SSSR count). The first-order valence-corrected chi connectivity index (χ1v) is 7.59. The minimum atomic E-state index is 0.398. The lowest BCUT2D eigenvalue weighted by Gasteiger charge is -2.12. The number of aromatic nitrogens is 1. The Kier molecular flexibility index (Phi) is 8.23. The van der Waals surface area contributed by atoms with E-state index in [2.05, 4.69) is 37.1 Å². The van der Waals surface area contributed by atoms with Crippen molar-refractivity contribution >= 4 is 0 Å². The summed E-state index contributed by atoms with van der Waals surface area (Å²) in [6.45, 7) is 12.2. The Morgan fingerprint density at radius 2 is 2.00 bits per heavy atom. The average molecular weight is 280 g/mol. The highest BCUT2D eigenvalue weighted by molar-refractivity contribution is 5.26. The Bertz CT molecular complexity index is 381. The van der Waals surface area contributed by atoms with Gasteiger partial charge in [0, 0.05) is 24.9 Å². The number of ether oxygens (including phenoxy) is 2. The lowest BCUT2D eigenvalue weighted by Crippen LogP contribution is -2.15. The summed E-state index contributed by atoms with van der Waals surface area (Å²) in [7, 11) is 0. The number of hydrogen-bond donors (Lipinski definition) is 1. The maximum absolute atomic E-state index is 5.68. The molecule has 0 aliphatic rings. The fourth-order valence-corrected chi connectivity index (χ4v) is 1.81. The first-order valence-electron chi connectivity index (χ1n) is 7.59. The zero-order chi connectivity index (χ0) is 14.8. The SMILES string of the molecule is CCCNCc1cc(OCCOCC)nc(C(C)C)c1. The molecule has 4 nitrogen and oxygen atoms in total. The molecule has 0 amide bonds. The van der Waals surface area contributed by atoms with Crippen molar-refractivity contribution in [1.82, 2.24) is 10.3 Å². The van der Waals surface area contributed by atoms with Crippen molar-refractivity contribution in [2.24, 2.45) is 0 Å². The number of rotatable bonds is 10. The molecule has 0 radical (unpaired) electrons. The van der Waals surface area contributed by atoms with Gasteiger partial charge in [0.15, 0.2) is 0 Å². The molecule has 0 unspecified atom stereocenters. The maximum atomic E-state index is 5.68. The van der Waals surface area contributed by atoms with Crippen LogP contribution in [0.1, 0.15) is 51.3 Å². The van der Waals surface area contributed by atoms with Crippen LogP contribution in [0.3, 0.4) is 0 Å². The van der Waals surface area contributed by atoms with Gasteiger partial charge in [-0.25, -0.2) is 4.98 Å². The highest BCUT2D eigenvalue weighted by atomic mass is 16.5. The fourth-order valence-electron chi connectivity index (χ4n) is 1.81. The van der Waals surface area contributed by atoms with E-state index >= 15 is 0 Å². The molecule has 114 valence electrons. The Labute approximate surface area is 122 Å². The van der Waals surface area contributed by atoms with Gasteiger partial charge in [-0.15, -0.1) is 0 Å².